The zero-order valence-corrected chi connectivity index (χ0v) is 11.1. The second-order valence-corrected chi connectivity index (χ2v) is 4.12. The second-order valence-electron chi connectivity index (χ2n) is 1.70. The summed E-state index contributed by atoms with van der Waals surface area (Å²) in [5.41, 5.74) is 0. The molecule has 10 heavy (non-hydrogen) atoms. The summed E-state index contributed by atoms with van der Waals surface area (Å²) in [4.78, 5) is 10.1. The van der Waals surface area contributed by atoms with Gasteiger partial charge in [0, 0.05) is 6.42 Å². The summed E-state index contributed by atoms with van der Waals surface area (Å²) in [6, 6.07) is 0. The van der Waals surface area contributed by atoms with Gasteiger partial charge < -0.3 is 3.83 Å². The van der Waals surface area contributed by atoms with Crippen molar-refractivity contribution in [3.05, 3.63) is 0 Å². The molecule has 0 rings (SSSR count). The minimum absolute atomic E-state index is 0.206. The van der Waals surface area contributed by atoms with Gasteiger partial charge >= 0.3 is 36.2 Å². The zero-order valence-electron chi connectivity index (χ0n) is 6.52. The number of rotatable bonds is 2. The van der Waals surface area contributed by atoms with Crippen LogP contribution in [0.3, 0.4) is 0 Å². The van der Waals surface area contributed by atoms with E-state index in [1.165, 1.54) is 23.3 Å². The molecule has 0 spiro atoms. The Morgan fingerprint density at radius 2 is 2.00 bits per heavy atom. The molecule has 0 unspecified atom stereocenters. The van der Waals surface area contributed by atoms with Gasteiger partial charge in [-0.3, -0.25) is 4.79 Å². The SMILES string of the molecule is CCCC(=O)OBr.C[CH2][Zn]. The van der Waals surface area contributed by atoms with Crippen LogP contribution in [-0.4, -0.2) is 5.97 Å². The van der Waals surface area contributed by atoms with Gasteiger partial charge in [-0.15, -0.1) is 0 Å². The molecule has 0 aromatic rings. The average Bonchev–Trinajstić information content (AvgIpc) is 1.90. The molecule has 0 fully saturated rings. The number of carbonyl (C=O) groups is 1. The fourth-order valence-electron chi connectivity index (χ4n) is 0.243. The molecule has 0 saturated carbocycles. The van der Waals surface area contributed by atoms with Gasteiger partial charge in [-0.25, -0.2) is 0 Å². The van der Waals surface area contributed by atoms with E-state index in [1.54, 1.807) is 0 Å². The van der Waals surface area contributed by atoms with Gasteiger partial charge in [0.2, 0.25) is 0 Å². The Balaban J connectivity index is 0. The molecular weight excluding hydrogens is 249 g/mol. The van der Waals surface area contributed by atoms with E-state index in [2.05, 4.69) is 27.0 Å². The summed E-state index contributed by atoms with van der Waals surface area (Å²) in [5, 5.41) is 1.38. The Morgan fingerprint density at radius 3 is 2.10 bits per heavy atom. The van der Waals surface area contributed by atoms with Crippen LogP contribution in [0.25, 0.3) is 0 Å². The Hall–Kier alpha value is 0.573. The first-order chi connectivity index (χ1) is 4.72. The van der Waals surface area contributed by atoms with E-state index in [0.717, 1.165) is 6.42 Å². The summed E-state index contributed by atoms with van der Waals surface area (Å²) in [6.45, 7) is 4.10. The maximum absolute atomic E-state index is 10.1. The second kappa shape index (κ2) is 12.3. The van der Waals surface area contributed by atoms with Crippen LogP contribution in [0, 0.1) is 0 Å². The standard InChI is InChI=1S/C4H7BrO2.C2H5.Zn/c1-2-3-4(6)7-5;1-2;/h2-3H2,1H3;1H2,2H3;. The van der Waals surface area contributed by atoms with Crippen molar-refractivity contribution in [2.24, 2.45) is 0 Å². The van der Waals surface area contributed by atoms with E-state index >= 15 is 0 Å². The van der Waals surface area contributed by atoms with Crippen molar-refractivity contribution in [2.75, 3.05) is 0 Å². The third-order valence-electron chi connectivity index (χ3n) is 0.540. The molecule has 0 saturated heterocycles. The van der Waals surface area contributed by atoms with E-state index in [9.17, 15) is 4.79 Å². The number of carbonyl (C=O) groups excluding carboxylic acids is 1. The van der Waals surface area contributed by atoms with Gasteiger partial charge in [-0.2, -0.15) is 0 Å². The third-order valence-corrected chi connectivity index (χ3v) is 0.901. The topological polar surface area (TPSA) is 26.3 Å². The van der Waals surface area contributed by atoms with Gasteiger partial charge in [0.1, 0.15) is 0 Å². The first-order valence-electron chi connectivity index (χ1n) is 3.33. The number of halogens is 1. The van der Waals surface area contributed by atoms with Crippen molar-refractivity contribution in [1.82, 2.24) is 0 Å². The third kappa shape index (κ3) is 15.8. The van der Waals surface area contributed by atoms with Crippen molar-refractivity contribution in [2.45, 2.75) is 31.7 Å². The quantitative estimate of drug-likeness (QED) is 0.714. The van der Waals surface area contributed by atoms with Crippen LogP contribution in [0.4, 0.5) is 0 Å². The molecular formula is C6H12BrO2Zn. The molecule has 2 nitrogen and oxygen atoms in total. The molecule has 57 valence electrons. The van der Waals surface area contributed by atoms with Gasteiger partial charge in [-0.05, 0) is 6.42 Å². The molecule has 0 amide bonds. The molecule has 0 atom stereocenters. The van der Waals surface area contributed by atoms with Crippen molar-refractivity contribution < 1.29 is 26.9 Å². The van der Waals surface area contributed by atoms with E-state index in [4.69, 9.17) is 0 Å². The van der Waals surface area contributed by atoms with E-state index in [-0.39, 0.29) is 5.97 Å². The first kappa shape index (κ1) is 13.2. The molecule has 0 bridgehead atoms. The molecule has 0 radical (unpaired) electrons. The van der Waals surface area contributed by atoms with Crippen LogP contribution >= 0.6 is 16.3 Å². The summed E-state index contributed by atoms with van der Waals surface area (Å²) < 4.78 is 4.16. The molecule has 0 aliphatic carbocycles. The molecule has 0 heterocycles. The van der Waals surface area contributed by atoms with Gasteiger partial charge in [0.15, 0.2) is 16.3 Å². The number of hydrogen-bond donors (Lipinski definition) is 0. The van der Waals surface area contributed by atoms with E-state index < -0.39 is 0 Å². The molecule has 0 aliphatic rings. The van der Waals surface area contributed by atoms with Crippen LogP contribution in [0.15, 0.2) is 0 Å². The van der Waals surface area contributed by atoms with Gasteiger partial charge in [0.25, 0.3) is 0 Å². The van der Waals surface area contributed by atoms with E-state index in [1.807, 2.05) is 6.92 Å². The normalized spacial score (nSPS) is 7.70. The Labute approximate surface area is 80.8 Å². The zero-order chi connectivity index (χ0) is 8.41. The molecule has 0 N–H and O–H groups in total. The summed E-state index contributed by atoms with van der Waals surface area (Å²) in [7, 11) is 0. The van der Waals surface area contributed by atoms with Crippen LogP contribution < -0.4 is 0 Å². The Morgan fingerprint density at radius 1 is 1.60 bits per heavy atom. The van der Waals surface area contributed by atoms with Crippen LogP contribution in [0.1, 0.15) is 26.7 Å². The van der Waals surface area contributed by atoms with Crippen molar-refractivity contribution in [3.63, 3.8) is 0 Å². The van der Waals surface area contributed by atoms with Crippen molar-refractivity contribution in [3.8, 4) is 0 Å². The molecule has 0 aliphatic heterocycles. The molecule has 4 heteroatoms. The number of hydrogen-bond acceptors (Lipinski definition) is 2. The molecule has 0 aromatic heterocycles. The van der Waals surface area contributed by atoms with Crippen LogP contribution in [0.5, 0.6) is 0 Å². The summed E-state index contributed by atoms with van der Waals surface area (Å²) in [5.74, 6) is -0.206. The van der Waals surface area contributed by atoms with E-state index in [0.29, 0.717) is 6.42 Å². The fourth-order valence-corrected chi connectivity index (χ4v) is 0.405. The fraction of sp³-hybridized carbons (Fsp3) is 0.833. The van der Waals surface area contributed by atoms with Crippen LogP contribution in [0.2, 0.25) is 5.02 Å². The summed E-state index contributed by atoms with van der Waals surface area (Å²) in [6.07, 6.45) is 1.33. The average molecular weight is 261 g/mol. The van der Waals surface area contributed by atoms with Gasteiger partial charge in [0.05, 0.1) is 0 Å². The van der Waals surface area contributed by atoms with Crippen molar-refractivity contribution in [1.29, 1.82) is 0 Å². The maximum atomic E-state index is 10.1. The summed E-state index contributed by atoms with van der Waals surface area (Å²) >= 11 is 4.01. The molecule has 0 aromatic carbocycles. The predicted octanol–water partition coefficient (Wildman–Crippen LogP) is 2.61. The van der Waals surface area contributed by atoms with Crippen molar-refractivity contribution >= 4 is 22.2 Å². The monoisotopic (exact) mass is 259 g/mol. The van der Waals surface area contributed by atoms with Crippen LogP contribution in [-0.2, 0) is 26.9 Å². The first-order valence-corrected chi connectivity index (χ1v) is 6.08. The Kier molecular flexibility index (Phi) is 16.2. The Bertz CT molecular complexity index is 78.1. The van der Waals surface area contributed by atoms with Gasteiger partial charge in [-0.1, -0.05) is 6.92 Å². The predicted molar refractivity (Wildman–Crippen MR) is 40.4 cm³/mol. The minimum atomic E-state index is -0.206.